The Morgan fingerprint density at radius 1 is 0.808 bits per heavy atom. The average molecular weight is 337 g/mol. The number of hydrogen-bond donors (Lipinski definition) is 0. The highest BCUT2D eigenvalue weighted by Crippen LogP contribution is 2.42. The van der Waals surface area contributed by atoms with Crippen LogP contribution in [0.3, 0.4) is 0 Å². The summed E-state index contributed by atoms with van der Waals surface area (Å²) in [7, 11) is 2.16. The van der Waals surface area contributed by atoms with Crippen LogP contribution in [0.4, 0.5) is 5.69 Å². The van der Waals surface area contributed by atoms with Gasteiger partial charge in [-0.15, -0.1) is 0 Å². The lowest BCUT2D eigenvalue weighted by atomic mass is 10.1. The Kier molecular flexibility index (Phi) is 2.65. The summed E-state index contributed by atoms with van der Waals surface area (Å²) in [6.07, 6.45) is 5.86. The highest BCUT2D eigenvalue weighted by Gasteiger charge is 2.34. The molecule has 0 amide bonds. The van der Waals surface area contributed by atoms with E-state index in [-0.39, 0.29) is 0 Å². The van der Waals surface area contributed by atoms with Gasteiger partial charge in [0, 0.05) is 48.0 Å². The Hall–Kier alpha value is -3.20. The monoisotopic (exact) mass is 337 g/mol. The molecule has 1 aromatic heterocycles. The van der Waals surface area contributed by atoms with E-state index < -0.39 is 0 Å². The van der Waals surface area contributed by atoms with Gasteiger partial charge in [-0.3, -0.25) is 0 Å². The Balaban J connectivity index is 1.70. The van der Waals surface area contributed by atoms with Crippen molar-refractivity contribution in [3.05, 3.63) is 84.7 Å². The van der Waals surface area contributed by atoms with E-state index in [1.54, 1.807) is 0 Å². The fraction of sp³-hybridized carbons (Fsp3) is 0.130. The van der Waals surface area contributed by atoms with E-state index in [9.17, 15) is 0 Å². The summed E-state index contributed by atoms with van der Waals surface area (Å²) >= 11 is 0. The van der Waals surface area contributed by atoms with E-state index >= 15 is 0 Å². The van der Waals surface area contributed by atoms with Gasteiger partial charge in [-0.25, -0.2) is 0 Å². The van der Waals surface area contributed by atoms with E-state index in [1.165, 1.54) is 38.7 Å². The third-order valence-corrected chi connectivity index (χ3v) is 5.82. The average Bonchev–Trinajstić information content (AvgIpc) is 3.32. The number of anilines is 1. The van der Waals surface area contributed by atoms with Gasteiger partial charge in [-0.2, -0.15) is 0 Å². The van der Waals surface area contributed by atoms with Crippen molar-refractivity contribution in [1.29, 1.82) is 0 Å². The molecular weight excluding hydrogens is 318 g/mol. The van der Waals surface area contributed by atoms with Crippen molar-refractivity contribution in [2.75, 3.05) is 11.9 Å². The molecule has 0 saturated carbocycles. The van der Waals surface area contributed by atoms with E-state index in [0.29, 0.717) is 6.17 Å². The van der Waals surface area contributed by atoms with Crippen LogP contribution in [0.5, 0.6) is 0 Å². The Morgan fingerprint density at radius 2 is 1.62 bits per heavy atom. The molecule has 0 N–H and O–H groups in total. The number of aromatic nitrogens is 1. The summed E-state index contributed by atoms with van der Waals surface area (Å²) in [4.78, 5) is 4.71. The molecule has 6 rings (SSSR count). The van der Waals surface area contributed by atoms with Gasteiger partial charge in [0.25, 0.3) is 0 Å². The molecule has 126 valence electrons. The molecule has 3 heteroatoms. The minimum atomic E-state index is 0.424. The van der Waals surface area contributed by atoms with Crippen LogP contribution in [0.2, 0.25) is 0 Å². The van der Waals surface area contributed by atoms with Crippen LogP contribution in [0.15, 0.2) is 79.1 Å². The highest BCUT2D eigenvalue weighted by molar-refractivity contribution is 6.11. The molecule has 3 aromatic carbocycles. The summed E-state index contributed by atoms with van der Waals surface area (Å²) in [5, 5.41) is 2.64. The number of hydrogen-bond acceptors (Lipinski definition) is 2. The Morgan fingerprint density at radius 3 is 2.50 bits per heavy atom. The van der Waals surface area contributed by atoms with Crippen LogP contribution in [0, 0.1) is 0 Å². The van der Waals surface area contributed by atoms with E-state index in [4.69, 9.17) is 0 Å². The molecule has 0 radical (unpaired) electrons. The van der Waals surface area contributed by atoms with Crippen LogP contribution in [0.1, 0.15) is 5.56 Å². The molecule has 2 aliphatic heterocycles. The number of para-hydroxylation sites is 2. The Bertz CT molecular complexity index is 1190. The van der Waals surface area contributed by atoms with Crippen molar-refractivity contribution in [2.45, 2.75) is 12.6 Å². The third kappa shape index (κ3) is 1.72. The largest absolute Gasteiger partial charge is 0.358 e. The lowest BCUT2D eigenvalue weighted by molar-refractivity contribution is 0.369. The van der Waals surface area contributed by atoms with Crippen molar-refractivity contribution in [3.63, 3.8) is 0 Å². The summed E-state index contributed by atoms with van der Waals surface area (Å²) in [6.45, 7) is 0. The van der Waals surface area contributed by atoms with Crippen molar-refractivity contribution in [2.24, 2.45) is 0 Å². The van der Waals surface area contributed by atoms with Crippen LogP contribution < -0.4 is 4.90 Å². The lowest BCUT2D eigenvalue weighted by Crippen LogP contribution is -2.33. The molecule has 3 heterocycles. The van der Waals surface area contributed by atoms with Gasteiger partial charge in [0.1, 0.15) is 6.17 Å². The SMILES string of the molecule is CN1C=CN2c3cc4c5ccccc5n(-c5ccccc5)c4cc3CC12. The predicted molar refractivity (Wildman–Crippen MR) is 108 cm³/mol. The standard InChI is InChI=1S/C23H19N3/c1-24-11-12-25-21-15-19-18-9-5-6-10-20(18)26(17-7-3-2-4-8-17)22(19)13-16(21)14-23(24)25/h2-13,15,23H,14H2,1H3. The van der Waals surface area contributed by atoms with Crippen molar-refractivity contribution in [1.82, 2.24) is 9.47 Å². The number of rotatable bonds is 1. The molecule has 0 spiro atoms. The molecule has 0 fully saturated rings. The second-order valence-corrected chi connectivity index (χ2v) is 7.24. The van der Waals surface area contributed by atoms with Crippen molar-refractivity contribution < 1.29 is 0 Å². The van der Waals surface area contributed by atoms with Crippen LogP contribution in [-0.2, 0) is 6.42 Å². The van der Waals surface area contributed by atoms with Gasteiger partial charge in [0.15, 0.2) is 0 Å². The number of benzene rings is 3. The molecule has 1 atom stereocenters. The summed E-state index contributed by atoms with van der Waals surface area (Å²) in [5.41, 5.74) is 6.55. The van der Waals surface area contributed by atoms with E-state index in [2.05, 4.69) is 101 Å². The first-order valence-corrected chi connectivity index (χ1v) is 9.11. The number of fused-ring (bicyclic) bond motifs is 6. The zero-order valence-corrected chi connectivity index (χ0v) is 14.6. The first kappa shape index (κ1) is 14.0. The van der Waals surface area contributed by atoms with Crippen LogP contribution >= 0.6 is 0 Å². The molecule has 0 bridgehead atoms. The summed E-state index contributed by atoms with van der Waals surface area (Å²) in [5.74, 6) is 0. The van der Waals surface area contributed by atoms with Gasteiger partial charge in [0.05, 0.1) is 11.0 Å². The van der Waals surface area contributed by atoms with Gasteiger partial charge in [0.2, 0.25) is 0 Å². The molecular formula is C23H19N3. The zero-order chi connectivity index (χ0) is 17.3. The van der Waals surface area contributed by atoms with Crippen molar-refractivity contribution >= 4 is 27.5 Å². The minimum absolute atomic E-state index is 0.424. The van der Waals surface area contributed by atoms with Gasteiger partial charge in [-0.05, 0) is 35.9 Å². The summed E-state index contributed by atoms with van der Waals surface area (Å²) in [6, 6.07) is 24.2. The normalized spacial score (nSPS) is 18.1. The van der Waals surface area contributed by atoms with Gasteiger partial charge in [-0.1, -0.05) is 36.4 Å². The predicted octanol–water partition coefficient (Wildman–Crippen LogP) is 4.89. The minimum Gasteiger partial charge on any atom is -0.358 e. The molecule has 0 saturated heterocycles. The van der Waals surface area contributed by atoms with Gasteiger partial charge < -0.3 is 14.4 Å². The van der Waals surface area contributed by atoms with Crippen LogP contribution in [-0.4, -0.2) is 22.7 Å². The molecule has 3 nitrogen and oxygen atoms in total. The molecule has 1 unspecified atom stereocenters. The maximum atomic E-state index is 2.41. The van der Waals surface area contributed by atoms with Gasteiger partial charge >= 0.3 is 0 Å². The third-order valence-electron chi connectivity index (χ3n) is 5.82. The maximum absolute atomic E-state index is 2.41. The second kappa shape index (κ2) is 4.92. The Labute approximate surface area is 152 Å². The first-order valence-electron chi connectivity index (χ1n) is 9.11. The fourth-order valence-corrected chi connectivity index (χ4v) is 4.56. The van der Waals surface area contributed by atoms with Crippen LogP contribution in [0.25, 0.3) is 27.5 Å². The molecule has 4 aromatic rings. The number of nitrogens with zero attached hydrogens (tertiary/aromatic N) is 3. The second-order valence-electron chi connectivity index (χ2n) is 7.24. The quantitative estimate of drug-likeness (QED) is 0.490. The topological polar surface area (TPSA) is 11.4 Å². The fourth-order valence-electron chi connectivity index (χ4n) is 4.56. The molecule has 0 aliphatic carbocycles. The van der Waals surface area contributed by atoms with E-state index in [1.807, 2.05) is 0 Å². The lowest BCUT2D eigenvalue weighted by Gasteiger charge is -2.23. The molecule has 26 heavy (non-hydrogen) atoms. The van der Waals surface area contributed by atoms with E-state index in [0.717, 1.165) is 6.42 Å². The number of likely N-dealkylation sites (N-methyl/N-ethyl adjacent to an activating group) is 1. The highest BCUT2D eigenvalue weighted by atomic mass is 15.4. The molecule has 2 aliphatic rings. The van der Waals surface area contributed by atoms with Crippen molar-refractivity contribution in [3.8, 4) is 5.69 Å². The summed E-state index contributed by atoms with van der Waals surface area (Å²) < 4.78 is 2.40. The zero-order valence-electron chi connectivity index (χ0n) is 14.6. The smallest absolute Gasteiger partial charge is 0.109 e. The maximum Gasteiger partial charge on any atom is 0.109 e. The first-order chi connectivity index (χ1) is 12.8.